The number of carbonyl (C=O) groups excluding carboxylic acids is 2. The number of nitrogens with zero attached hydrogens (tertiary/aromatic N) is 2. The Hall–Kier alpha value is -3.33. The van der Waals surface area contributed by atoms with Crippen LogP contribution in [0.3, 0.4) is 0 Å². The number of thiophene rings is 1. The van der Waals surface area contributed by atoms with Gasteiger partial charge in [0.15, 0.2) is 0 Å². The summed E-state index contributed by atoms with van der Waals surface area (Å²) < 4.78 is 40.9. The van der Waals surface area contributed by atoms with Gasteiger partial charge in [-0.3, -0.25) is 4.79 Å². The Morgan fingerprint density at radius 3 is 2.31 bits per heavy atom. The fourth-order valence-electron chi connectivity index (χ4n) is 4.42. The molecular weight excluding hydrogens is 487 g/mol. The number of hydrogen-bond acceptors (Lipinski definition) is 3. The van der Waals surface area contributed by atoms with Gasteiger partial charge in [0.2, 0.25) is 5.91 Å². The van der Waals surface area contributed by atoms with E-state index in [0.29, 0.717) is 12.6 Å². The summed E-state index contributed by atoms with van der Waals surface area (Å²) >= 11 is 1.52. The lowest BCUT2D eigenvalue weighted by Gasteiger charge is -2.35. The van der Waals surface area contributed by atoms with Crippen LogP contribution in [0.25, 0.3) is 0 Å². The Labute approximate surface area is 212 Å². The van der Waals surface area contributed by atoms with Crippen molar-refractivity contribution in [3.05, 3.63) is 87.9 Å². The van der Waals surface area contributed by atoms with E-state index in [9.17, 15) is 22.8 Å². The molecule has 5 nitrogen and oxygen atoms in total. The van der Waals surface area contributed by atoms with Crippen LogP contribution in [0.5, 0.6) is 0 Å². The molecule has 3 amide bonds. The van der Waals surface area contributed by atoms with Gasteiger partial charge in [0.25, 0.3) is 0 Å². The van der Waals surface area contributed by atoms with E-state index in [4.69, 9.17) is 0 Å². The molecule has 1 aliphatic carbocycles. The number of urea groups is 1. The van der Waals surface area contributed by atoms with Crippen molar-refractivity contribution in [2.75, 3.05) is 11.9 Å². The van der Waals surface area contributed by atoms with Gasteiger partial charge in [0.1, 0.15) is 24.0 Å². The molecule has 1 aliphatic rings. The molecule has 0 atom stereocenters. The Morgan fingerprint density at radius 2 is 1.64 bits per heavy atom. The van der Waals surface area contributed by atoms with Crippen molar-refractivity contribution in [1.82, 2.24) is 9.80 Å². The monoisotopic (exact) mass is 515 g/mol. The highest BCUT2D eigenvalue weighted by Gasteiger charge is 2.30. The third-order valence-corrected chi connectivity index (χ3v) is 7.18. The summed E-state index contributed by atoms with van der Waals surface area (Å²) in [6.07, 6.45) is 4.41. The van der Waals surface area contributed by atoms with Crippen LogP contribution in [0, 0.1) is 17.5 Å². The van der Waals surface area contributed by atoms with Crippen LogP contribution in [0.1, 0.15) is 42.5 Å². The highest BCUT2D eigenvalue weighted by Crippen LogP contribution is 2.25. The van der Waals surface area contributed by atoms with E-state index < -0.39 is 17.7 Å². The van der Waals surface area contributed by atoms with E-state index in [1.165, 1.54) is 34.4 Å². The number of amides is 3. The summed E-state index contributed by atoms with van der Waals surface area (Å²) in [6.45, 7) is 0.413. The number of benzene rings is 2. The van der Waals surface area contributed by atoms with Gasteiger partial charge in [-0.15, -0.1) is 11.3 Å². The zero-order chi connectivity index (χ0) is 25.5. The van der Waals surface area contributed by atoms with E-state index in [-0.39, 0.29) is 36.5 Å². The summed E-state index contributed by atoms with van der Waals surface area (Å²) in [7, 11) is 0. The molecule has 36 heavy (non-hydrogen) atoms. The first-order valence-electron chi connectivity index (χ1n) is 12.0. The summed E-state index contributed by atoms with van der Waals surface area (Å²) in [5.41, 5.74) is 0.625. The standard InChI is InChI=1S/C27H28F3N3O2S/c28-20-10-8-19(9-11-20)16-32(17-23-7-4-14-36-23)26(34)18-33(22-5-2-1-3-6-22)27(35)31-25-13-12-21(29)15-24(25)30/h4,7-15,22H,1-3,5-6,16-18H2,(H,31,35). The van der Waals surface area contributed by atoms with Gasteiger partial charge in [-0.2, -0.15) is 0 Å². The normalized spacial score (nSPS) is 13.9. The fourth-order valence-corrected chi connectivity index (χ4v) is 5.14. The zero-order valence-electron chi connectivity index (χ0n) is 19.8. The predicted octanol–water partition coefficient (Wildman–Crippen LogP) is 6.56. The minimum atomic E-state index is -0.881. The second-order valence-electron chi connectivity index (χ2n) is 8.93. The molecule has 3 aromatic rings. The first kappa shape index (κ1) is 25.8. The van der Waals surface area contributed by atoms with Crippen LogP contribution in [0.2, 0.25) is 0 Å². The number of nitrogens with one attached hydrogen (secondary N) is 1. The predicted molar refractivity (Wildman–Crippen MR) is 134 cm³/mol. The summed E-state index contributed by atoms with van der Waals surface area (Å²) in [5.74, 6) is -2.25. The van der Waals surface area contributed by atoms with Gasteiger partial charge in [0, 0.05) is 23.5 Å². The quantitative estimate of drug-likeness (QED) is 0.369. The van der Waals surface area contributed by atoms with Gasteiger partial charge in [-0.05, 0) is 54.1 Å². The number of rotatable bonds is 8. The van der Waals surface area contributed by atoms with Gasteiger partial charge in [-0.25, -0.2) is 18.0 Å². The molecule has 0 radical (unpaired) electrons. The number of halogens is 3. The van der Waals surface area contributed by atoms with E-state index in [0.717, 1.165) is 48.6 Å². The van der Waals surface area contributed by atoms with Crippen LogP contribution in [-0.2, 0) is 17.9 Å². The summed E-state index contributed by atoms with van der Waals surface area (Å²) in [5, 5.41) is 4.44. The minimum absolute atomic E-state index is 0.142. The average molecular weight is 516 g/mol. The molecule has 9 heteroatoms. The van der Waals surface area contributed by atoms with Crippen LogP contribution in [0.15, 0.2) is 60.0 Å². The second kappa shape index (κ2) is 12.1. The number of carbonyl (C=O) groups is 2. The largest absolute Gasteiger partial charge is 0.332 e. The molecule has 2 aromatic carbocycles. The molecule has 0 unspecified atom stereocenters. The molecule has 0 aliphatic heterocycles. The number of anilines is 1. The van der Waals surface area contributed by atoms with Crippen molar-refractivity contribution in [3.63, 3.8) is 0 Å². The Balaban J connectivity index is 1.54. The SMILES string of the molecule is O=C(CN(C(=O)Nc1ccc(F)cc1F)C1CCCCC1)N(Cc1ccc(F)cc1)Cc1cccs1. The van der Waals surface area contributed by atoms with Crippen LogP contribution >= 0.6 is 11.3 Å². The highest BCUT2D eigenvalue weighted by molar-refractivity contribution is 7.09. The molecule has 1 N–H and O–H groups in total. The molecule has 1 heterocycles. The molecule has 190 valence electrons. The van der Waals surface area contributed by atoms with Gasteiger partial charge in [-0.1, -0.05) is 37.5 Å². The van der Waals surface area contributed by atoms with Crippen molar-refractivity contribution in [1.29, 1.82) is 0 Å². The van der Waals surface area contributed by atoms with Crippen molar-refractivity contribution < 1.29 is 22.8 Å². The topological polar surface area (TPSA) is 52.7 Å². The molecule has 0 saturated heterocycles. The van der Waals surface area contributed by atoms with Crippen LogP contribution in [-0.4, -0.2) is 34.3 Å². The van der Waals surface area contributed by atoms with Crippen LogP contribution in [0.4, 0.5) is 23.7 Å². The number of hydrogen-bond donors (Lipinski definition) is 1. The Morgan fingerprint density at radius 1 is 0.917 bits per heavy atom. The molecule has 0 bridgehead atoms. The lowest BCUT2D eigenvalue weighted by atomic mass is 9.94. The Kier molecular flexibility index (Phi) is 8.64. The maximum atomic E-state index is 14.2. The van der Waals surface area contributed by atoms with Crippen molar-refractivity contribution in [3.8, 4) is 0 Å². The van der Waals surface area contributed by atoms with E-state index in [2.05, 4.69) is 5.32 Å². The van der Waals surface area contributed by atoms with Gasteiger partial charge >= 0.3 is 6.03 Å². The highest BCUT2D eigenvalue weighted by atomic mass is 32.1. The third-order valence-electron chi connectivity index (χ3n) is 6.32. The zero-order valence-corrected chi connectivity index (χ0v) is 20.6. The van der Waals surface area contributed by atoms with Crippen molar-refractivity contribution in [2.24, 2.45) is 0 Å². The molecule has 1 fully saturated rings. The lowest BCUT2D eigenvalue weighted by molar-refractivity contribution is -0.133. The molecule has 4 rings (SSSR count). The molecular formula is C27H28F3N3O2S. The maximum absolute atomic E-state index is 14.2. The summed E-state index contributed by atoms with van der Waals surface area (Å²) in [4.78, 5) is 30.9. The van der Waals surface area contributed by atoms with E-state index in [1.54, 1.807) is 17.0 Å². The first-order valence-corrected chi connectivity index (χ1v) is 12.8. The Bertz CT molecular complexity index is 1170. The molecule has 1 saturated carbocycles. The van der Waals surface area contributed by atoms with E-state index in [1.807, 2.05) is 17.5 Å². The fraction of sp³-hybridized carbons (Fsp3) is 0.333. The molecule has 1 aromatic heterocycles. The van der Waals surface area contributed by atoms with E-state index >= 15 is 0 Å². The smallest absolute Gasteiger partial charge is 0.322 e. The van der Waals surface area contributed by atoms with Crippen molar-refractivity contribution >= 4 is 29.0 Å². The molecule has 0 spiro atoms. The second-order valence-corrected chi connectivity index (χ2v) is 9.96. The minimum Gasteiger partial charge on any atom is -0.332 e. The van der Waals surface area contributed by atoms with Crippen molar-refractivity contribution in [2.45, 2.75) is 51.2 Å². The maximum Gasteiger partial charge on any atom is 0.322 e. The lowest BCUT2D eigenvalue weighted by Crippen LogP contribution is -2.49. The summed E-state index contributed by atoms with van der Waals surface area (Å²) in [6, 6.07) is 12.0. The average Bonchev–Trinajstić information content (AvgIpc) is 3.39. The van der Waals surface area contributed by atoms with Gasteiger partial charge in [0.05, 0.1) is 12.2 Å². The van der Waals surface area contributed by atoms with Crippen LogP contribution < -0.4 is 5.32 Å². The van der Waals surface area contributed by atoms with Gasteiger partial charge < -0.3 is 15.1 Å². The first-order chi connectivity index (χ1) is 17.4. The third kappa shape index (κ3) is 6.87.